The van der Waals surface area contributed by atoms with Gasteiger partial charge in [-0.3, -0.25) is 4.98 Å². The van der Waals surface area contributed by atoms with E-state index < -0.39 is 0 Å². The third kappa shape index (κ3) is 3.01. The molecular formula is C9H14N2O2. The van der Waals surface area contributed by atoms with E-state index in [0.717, 1.165) is 5.69 Å². The smallest absolute Gasteiger partial charge is 0.142 e. The molecule has 0 aliphatic carbocycles. The number of ether oxygens (including phenoxy) is 1. The van der Waals surface area contributed by atoms with Crippen LogP contribution in [0.5, 0.6) is 5.75 Å². The highest BCUT2D eigenvalue weighted by molar-refractivity contribution is 5.26. The first-order valence-electron chi connectivity index (χ1n) is 4.26. The molecule has 0 saturated heterocycles. The van der Waals surface area contributed by atoms with E-state index in [4.69, 9.17) is 15.6 Å². The molecule has 0 amide bonds. The van der Waals surface area contributed by atoms with Gasteiger partial charge in [-0.15, -0.1) is 0 Å². The number of rotatable bonds is 5. The lowest BCUT2D eigenvalue weighted by atomic mass is 10.3. The normalized spacial score (nSPS) is 10.0. The lowest BCUT2D eigenvalue weighted by Gasteiger charge is -2.07. The second-order valence-electron chi connectivity index (χ2n) is 2.58. The number of aliphatic hydroxyl groups is 1. The molecule has 0 fully saturated rings. The van der Waals surface area contributed by atoms with E-state index >= 15 is 0 Å². The molecule has 0 aromatic carbocycles. The minimum atomic E-state index is 0.137. The van der Waals surface area contributed by atoms with Crippen molar-refractivity contribution in [1.29, 1.82) is 0 Å². The lowest BCUT2D eigenvalue weighted by molar-refractivity contribution is 0.232. The van der Waals surface area contributed by atoms with Crippen LogP contribution in [0.2, 0.25) is 0 Å². The molecule has 0 saturated carbocycles. The van der Waals surface area contributed by atoms with Crippen LogP contribution in [-0.2, 0) is 6.54 Å². The molecule has 0 aliphatic rings. The Bertz CT molecular complexity index is 253. The van der Waals surface area contributed by atoms with Crippen molar-refractivity contribution in [3.05, 3.63) is 24.0 Å². The second kappa shape index (κ2) is 5.50. The quantitative estimate of drug-likeness (QED) is 0.643. The Kier molecular flexibility index (Phi) is 4.21. The Morgan fingerprint density at radius 2 is 2.38 bits per heavy atom. The molecule has 0 aliphatic heterocycles. The van der Waals surface area contributed by atoms with Crippen molar-refractivity contribution < 1.29 is 9.84 Å². The van der Waals surface area contributed by atoms with Gasteiger partial charge in [0.2, 0.25) is 0 Å². The number of nitrogens with two attached hydrogens (primary N) is 1. The summed E-state index contributed by atoms with van der Waals surface area (Å²) >= 11 is 0. The molecule has 72 valence electrons. The van der Waals surface area contributed by atoms with E-state index in [1.807, 2.05) is 6.07 Å². The zero-order valence-corrected chi connectivity index (χ0v) is 7.44. The van der Waals surface area contributed by atoms with Crippen molar-refractivity contribution in [1.82, 2.24) is 4.98 Å². The fraction of sp³-hybridized carbons (Fsp3) is 0.444. The molecule has 1 rings (SSSR count). The van der Waals surface area contributed by atoms with E-state index in [1.54, 1.807) is 12.3 Å². The second-order valence-corrected chi connectivity index (χ2v) is 2.58. The van der Waals surface area contributed by atoms with E-state index in [-0.39, 0.29) is 6.61 Å². The fourth-order valence-corrected chi connectivity index (χ4v) is 0.955. The summed E-state index contributed by atoms with van der Waals surface area (Å²) in [7, 11) is 0. The summed E-state index contributed by atoms with van der Waals surface area (Å²) in [6.07, 6.45) is 2.31. The predicted molar refractivity (Wildman–Crippen MR) is 49.3 cm³/mol. The summed E-state index contributed by atoms with van der Waals surface area (Å²) < 4.78 is 5.37. The topological polar surface area (TPSA) is 68.4 Å². The minimum absolute atomic E-state index is 0.137. The summed E-state index contributed by atoms with van der Waals surface area (Å²) in [6, 6.07) is 3.63. The molecule has 1 aromatic rings. The van der Waals surface area contributed by atoms with Gasteiger partial charge in [0.15, 0.2) is 0 Å². The molecule has 1 heterocycles. The van der Waals surface area contributed by atoms with Crippen molar-refractivity contribution in [3.63, 3.8) is 0 Å². The van der Waals surface area contributed by atoms with Crippen LogP contribution in [0.4, 0.5) is 0 Å². The molecular weight excluding hydrogens is 168 g/mol. The standard InChI is InChI=1S/C9H14N2O2/c10-7-8-9(3-1-4-11-8)13-6-2-5-12/h1,3-4,12H,2,5-7,10H2. The monoisotopic (exact) mass is 182 g/mol. The number of hydrogen-bond donors (Lipinski definition) is 2. The largest absolute Gasteiger partial charge is 0.492 e. The summed E-state index contributed by atoms with van der Waals surface area (Å²) in [5, 5.41) is 8.55. The maximum Gasteiger partial charge on any atom is 0.142 e. The van der Waals surface area contributed by atoms with E-state index in [0.29, 0.717) is 25.3 Å². The number of nitrogens with zero attached hydrogens (tertiary/aromatic N) is 1. The van der Waals surface area contributed by atoms with E-state index in [2.05, 4.69) is 4.98 Å². The van der Waals surface area contributed by atoms with Crippen molar-refractivity contribution in [2.75, 3.05) is 13.2 Å². The average molecular weight is 182 g/mol. The first-order valence-corrected chi connectivity index (χ1v) is 4.26. The van der Waals surface area contributed by atoms with Gasteiger partial charge < -0.3 is 15.6 Å². The van der Waals surface area contributed by atoms with Crippen LogP contribution < -0.4 is 10.5 Å². The Morgan fingerprint density at radius 1 is 1.54 bits per heavy atom. The number of pyridine rings is 1. The summed E-state index contributed by atoms with van der Waals surface area (Å²) in [5.74, 6) is 0.707. The highest BCUT2D eigenvalue weighted by Crippen LogP contribution is 2.14. The summed E-state index contributed by atoms with van der Waals surface area (Å²) in [6.45, 7) is 1.00. The van der Waals surface area contributed by atoms with E-state index in [9.17, 15) is 0 Å². The molecule has 3 N–H and O–H groups in total. The molecule has 0 unspecified atom stereocenters. The van der Waals surface area contributed by atoms with Crippen molar-refractivity contribution in [2.45, 2.75) is 13.0 Å². The molecule has 0 bridgehead atoms. The lowest BCUT2D eigenvalue weighted by Crippen LogP contribution is -2.06. The van der Waals surface area contributed by atoms with Gasteiger partial charge in [-0.1, -0.05) is 0 Å². The fourth-order valence-electron chi connectivity index (χ4n) is 0.955. The van der Waals surface area contributed by atoms with Gasteiger partial charge in [0, 0.05) is 25.8 Å². The summed E-state index contributed by atoms with van der Waals surface area (Å²) in [4.78, 5) is 4.06. The third-order valence-electron chi connectivity index (χ3n) is 1.60. The zero-order valence-electron chi connectivity index (χ0n) is 7.44. The SMILES string of the molecule is NCc1ncccc1OCCCO. The van der Waals surface area contributed by atoms with Crippen molar-refractivity contribution >= 4 is 0 Å². The van der Waals surface area contributed by atoms with Crippen LogP contribution in [0, 0.1) is 0 Å². The number of hydrogen-bond acceptors (Lipinski definition) is 4. The van der Waals surface area contributed by atoms with Gasteiger partial charge in [0.05, 0.1) is 12.3 Å². The molecule has 4 nitrogen and oxygen atoms in total. The highest BCUT2D eigenvalue weighted by Gasteiger charge is 2.00. The van der Waals surface area contributed by atoms with Crippen LogP contribution in [0.15, 0.2) is 18.3 Å². The van der Waals surface area contributed by atoms with Gasteiger partial charge in [-0.05, 0) is 12.1 Å². The van der Waals surface area contributed by atoms with Crippen LogP contribution in [0.25, 0.3) is 0 Å². The molecule has 1 aromatic heterocycles. The summed E-state index contributed by atoms with van der Waals surface area (Å²) in [5.41, 5.74) is 6.21. The van der Waals surface area contributed by atoms with Gasteiger partial charge >= 0.3 is 0 Å². The minimum Gasteiger partial charge on any atom is -0.492 e. The Morgan fingerprint density at radius 3 is 3.08 bits per heavy atom. The van der Waals surface area contributed by atoms with Crippen LogP contribution in [-0.4, -0.2) is 23.3 Å². The zero-order chi connectivity index (χ0) is 9.52. The maximum absolute atomic E-state index is 8.55. The average Bonchev–Trinajstić information content (AvgIpc) is 2.19. The Balaban J connectivity index is 2.54. The first-order chi connectivity index (χ1) is 6.38. The molecule has 0 radical (unpaired) electrons. The van der Waals surface area contributed by atoms with Crippen molar-refractivity contribution in [3.8, 4) is 5.75 Å². The Hall–Kier alpha value is -1.13. The molecule has 0 atom stereocenters. The van der Waals surface area contributed by atoms with Gasteiger partial charge in [0.25, 0.3) is 0 Å². The van der Waals surface area contributed by atoms with E-state index in [1.165, 1.54) is 0 Å². The third-order valence-corrected chi connectivity index (χ3v) is 1.60. The van der Waals surface area contributed by atoms with Crippen molar-refractivity contribution in [2.24, 2.45) is 5.73 Å². The van der Waals surface area contributed by atoms with Gasteiger partial charge in [-0.2, -0.15) is 0 Å². The highest BCUT2D eigenvalue weighted by atomic mass is 16.5. The Labute approximate surface area is 77.4 Å². The number of aliphatic hydroxyl groups excluding tert-OH is 1. The first kappa shape index (κ1) is 9.95. The molecule has 4 heteroatoms. The van der Waals surface area contributed by atoms with Gasteiger partial charge in [0.1, 0.15) is 5.75 Å². The maximum atomic E-state index is 8.55. The predicted octanol–water partition coefficient (Wildman–Crippen LogP) is 0.301. The number of aromatic nitrogens is 1. The van der Waals surface area contributed by atoms with Crippen LogP contribution in [0.1, 0.15) is 12.1 Å². The molecule has 0 spiro atoms. The van der Waals surface area contributed by atoms with Crippen LogP contribution in [0.3, 0.4) is 0 Å². The van der Waals surface area contributed by atoms with Gasteiger partial charge in [-0.25, -0.2) is 0 Å². The van der Waals surface area contributed by atoms with Crippen LogP contribution >= 0.6 is 0 Å². The molecule has 13 heavy (non-hydrogen) atoms.